The fraction of sp³-hybridized carbons (Fsp3) is 0.333. The fourth-order valence-corrected chi connectivity index (χ4v) is 0. The Balaban J connectivity index is 0. The summed E-state index contributed by atoms with van der Waals surface area (Å²) in [6.45, 7) is 6.00. The molecule has 0 saturated carbocycles. The smallest absolute Gasteiger partial charge is 0.0215 e. The molecule has 0 rings (SSSR count). The highest BCUT2D eigenvalue weighted by molar-refractivity contribution is 7.79. The molecular formula is C3H8S. The number of hydrogen-bond donors (Lipinski definition) is 1. The van der Waals surface area contributed by atoms with Gasteiger partial charge < -0.3 is 0 Å². The van der Waals surface area contributed by atoms with Crippen LogP contribution in [0.15, 0.2) is 13.2 Å². The number of thiol groups is 1. The van der Waals surface area contributed by atoms with Crippen LogP contribution in [-0.2, 0) is 0 Å². The Morgan fingerprint density at radius 1 is 1.25 bits per heavy atom. The fourth-order valence-electron chi connectivity index (χ4n) is 0. The Labute approximate surface area is 32.9 Å². The van der Waals surface area contributed by atoms with Gasteiger partial charge in [-0.2, -0.15) is 12.6 Å². The lowest BCUT2D eigenvalue weighted by Gasteiger charge is -1.11. The highest BCUT2D eigenvalue weighted by atomic mass is 32.1. The molecule has 1 heteroatoms. The van der Waals surface area contributed by atoms with Gasteiger partial charge in [0, 0.05) is 0 Å². The van der Waals surface area contributed by atoms with Crippen LogP contribution in [0.25, 0.3) is 0 Å². The topological polar surface area (TPSA) is 0 Å². The molecule has 0 fully saturated rings. The van der Waals surface area contributed by atoms with Crippen LogP contribution in [0.2, 0.25) is 0 Å². The van der Waals surface area contributed by atoms with E-state index in [1.807, 2.05) is 0 Å². The first kappa shape index (κ1) is 8.94. The highest BCUT2D eigenvalue weighted by Crippen LogP contribution is 1.31. The minimum atomic E-state index is 1.69. The van der Waals surface area contributed by atoms with Crippen LogP contribution in [0.3, 0.4) is 0 Å². The molecule has 0 aromatic carbocycles. The summed E-state index contributed by atoms with van der Waals surface area (Å²) < 4.78 is 0. The molecule has 0 atom stereocenters. The second-order valence-electron chi connectivity index (χ2n) is 0. The lowest BCUT2D eigenvalue weighted by molar-refractivity contribution is 2.55. The van der Waals surface area contributed by atoms with Crippen LogP contribution in [-0.4, -0.2) is 6.26 Å². The largest absolute Gasteiger partial charge is 0.183 e. The second-order valence-corrected chi connectivity index (χ2v) is 0. The van der Waals surface area contributed by atoms with Crippen molar-refractivity contribution < 1.29 is 0 Å². The van der Waals surface area contributed by atoms with Crippen LogP contribution < -0.4 is 0 Å². The zero-order chi connectivity index (χ0) is 4.00. The van der Waals surface area contributed by atoms with Crippen LogP contribution in [0, 0.1) is 0 Å². The summed E-state index contributed by atoms with van der Waals surface area (Å²) in [6, 6.07) is 0. The van der Waals surface area contributed by atoms with Crippen LogP contribution in [0.4, 0.5) is 0 Å². The normalized spacial score (nSPS) is 2.50. The molecule has 0 saturated heterocycles. The molecule has 4 heavy (non-hydrogen) atoms. The van der Waals surface area contributed by atoms with E-state index in [1.54, 1.807) is 6.26 Å². The molecule has 0 nitrogen and oxygen atoms in total. The molecule has 0 unspecified atom stereocenters. The molecule has 0 aromatic heterocycles. The summed E-state index contributed by atoms with van der Waals surface area (Å²) in [4.78, 5) is 0. The Morgan fingerprint density at radius 3 is 1.25 bits per heavy atom. The van der Waals surface area contributed by atoms with Crippen molar-refractivity contribution >= 4 is 12.6 Å². The minimum Gasteiger partial charge on any atom is -0.183 e. The molecule has 0 aliphatic carbocycles. The van der Waals surface area contributed by atoms with Gasteiger partial charge in [0.25, 0.3) is 0 Å². The monoisotopic (exact) mass is 76.0 g/mol. The molecule has 0 amide bonds. The average molecular weight is 76.2 g/mol. The Morgan fingerprint density at radius 2 is 1.25 bits per heavy atom. The first-order valence-corrected chi connectivity index (χ1v) is 1.84. The summed E-state index contributed by atoms with van der Waals surface area (Å²) in [5.74, 6) is 0. The molecule has 0 spiro atoms. The Kier molecular flexibility index (Phi) is 3720. The Bertz CT molecular complexity index is 3.25. The van der Waals surface area contributed by atoms with E-state index >= 15 is 0 Å². The van der Waals surface area contributed by atoms with Gasteiger partial charge in [0.2, 0.25) is 0 Å². The van der Waals surface area contributed by atoms with Crippen molar-refractivity contribution in [3.05, 3.63) is 13.2 Å². The standard InChI is InChI=1S/C2H4.CH4S/c2*1-2/h1-2H2;2H,1H3. The molecule has 0 aliphatic rings. The van der Waals surface area contributed by atoms with Gasteiger partial charge in [0.1, 0.15) is 0 Å². The molecule has 0 bridgehead atoms. The summed E-state index contributed by atoms with van der Waals surface area (Å²) in [7, 11) is 0. The summed E-state index contributed by atoms with van der Waals surface area (Å²) in [5.41, 5.74) is 0. The average Bonchev–Trinajstić information content (AvgIpc) is 1.50. The third-order valence-corrected chi connectivity index (χ3v) is 0. The molecular weight excluding hydrogens is 68.1 g/mol. The van der Waals surface area contributed by atoms with Crippen molar-refractivity contribution in [3.8, 4) is 0 Å². The SMILES string of the molecule is C=C.CS. The first-order chi connectivity index (χ1) is 2.00. The Hall–Kier alpha value is 0.0900. The van der Waals surface area contributed by atoms with E-state index in [4.69, 9.17) is 0 Å². The van der Waals surface area contributed by atoms with Crippen molar-refractivity contribution in [2.45, 2.75) is 0 Å². The maximum Gasteiger partial charge on any atom is -0.0215 e. The van der Waals surface area contributed by atoms with E-state index in [0.29, 0.717) is 0 Å². The van der Waals surface area contributed by atoms with E-state index in [-0.39, 0.29) is 0 Å². The van der Waals surface area contributed by atoms with Crippen molar-refractivity contribution in [1.29, 1.82) is 0 Å². The van der Waals surface area contributed by atoms with E-state index in [2.05, 4.69) is 25.8 Å². The summed E-state index contributed by atoms with van der Waals surface area (Å²) >= 11 is 3.53. The third kappa shape index (κ3) is 307. The molecule has 0 N–H and O–H groups in total. The maximum atomic E-state index is 3.53. The van der Waals surface area contributed by atoms with Crippen molar-refractivity contribution in [1.82, 2.24) is 0 Å². The van der Waals surface area contributed by atoms with Crippen LogP contribution in [0.5, 0.6) is 0 Å². The predicted molar refractivity (Wildman–Crippen MR) is 26.2 cm³/mol. The van der Waals surface area contributed by atoms with E-state index in [9.17, 15) is 0 Å². The first-order valence-electron chi connectivity index (χ1n) is 0.947. The van der Waals surface area contributed by atoms with Gasteiger partial charge in [-0.15, -0.1) is 13.2 Å². The minimum absolute atomic E-state index is 1.69. The van der Waals surface area contributed by atoms with Crippen LogP contribution >= 0.6 is 12.6 Å². The van der Waals surface area contributed by atoms with Gasteiger partial charge >= 0.3 is 0 Å². The second kappa shape index (κ2) is 1670. The zero-order valence-electron chi connectivity index (χ0n) is 2.86. The summed E-state index contributed by atoms with van der Waals surface area (Å²) in [6.07, 6.45) is 1.69. The molecule has 0 aromatic rings. The third-order valence-electron chi connectivity index (χ3n) is 0. The van der Waals surface area contributed by atoms with Crippen LogP contribution in [0.1, 0.15) is 0 Å². The van der Waals surface area contributed by atoms with E-state index in [0.717, 1.165) is 0 Å². The lowest BCUT2D eigenvalue weighted by atomic mass is 11.3. The number of hydrogen-bond acceptors (Lipinski definition) is 1. The van der Waals surface area contributed by atoms with Gasteiger partial charge in [0.05, 0.1) is 0 Å². The quantitative estimate of drug-likeness (QED) is 0.327. The predicted octanol–water partition coefficient (Wildman–Crippen LogP) is 1.35. The summed E-state index contributed by atoms with van der Waals surface area (Å²) in [5, 5.41) is 0. The molecule has 26 valence electrons. The zero-order valence-corrected chi connectivity index (χ0v) is 3.76. The van der Waals surface area contributed by atoms with Gasteiger partial charge in [-0.1, -0.05) is 0 Å². The molecule has 0 aliphatic heterocycles. The molecule has 0 radical (unpaired) electrons. The number of rotatable bonds is 0. The van der Waals surface area contributed by atoms with Gasteiger partial charge in [-0.05, 0) is 6.26 Å². The van der Waals surface area contributed by atoms with Gasteiger partial charge in [0.15, 0.2) is 0 Å². The van der Waals surface area contributed by atoms with Crippen molar-refractivity contribution in [3.63, 3.8) is 0 Å². The van der Waals surface area contributed by atoms with Crippen molar-refractivity contribution in [2.24, 2.45) is 0 Å². The van der Waals surface area contributed by atoms with Gasteiger partial charge in [-0.25, -0.2) is 0 Å². The van der Waals surface area contributed by atoms with Gasteiger partial charge in [-0.3, -0.25) is 0 Å². The van der Waals surface area contributed by atoms with E-state index in [1.165, 1.54) is 0 Å². The lowest BCUT2D eigenvalue weighted by Crippen LogP contribution is -0.865. The highest BCUT2D eigenvalue weighted by Gasteiger charge is 0.901. The molecule has 0 heterocycles. The van der Waals surface area contributed by atoms with Crippen molar-refractivity contribution in [2.75, 3.05) is 6.26 Å². The van der Waals surface area contributed by atoms with E-state index < -0.39 is 0 Å². The maximum absolute atomic E-state index is 3.53.